The van der Waals surface area contributed by atoms with Crippen molar-refractivity contribution in [1.29, 1.82) is 0 Å². The van der Waals surface area contributed by atoms with E-state index in [1.54, 1.807) is 48.7 Å². The van der Waals surface area contributed by atoms with Gasteiger partial charge in [-0.15, -0.1) is 11.3 Å². The molecule has 1 saturated heterocycles. The van der Waals surface area contributed by atoms with Gasteiger partial charge in [0.1, 0.15) is 11.6 Å². The molecule has 0 bridgehead atoms. The van der Waals surface area contributed by atoms with E-state index >= 15 is 0 Å². The second-order valence-electron chi connectivity index (χ2n) is 10.6. The Bertz CT molecular complexity index is 1490. The first-order chi connectivity index (χ1) is 19.2. The first-order valence-corrected chi connectivity index (χ1v) is 14.4. The SMILES string of the molecule is Cc1nc(CN2C[C@H](C)N([C@@H](c3cccc(O)c3)c3cccc(C(=O)N(C)c4cccc(F)c4)c3)C[C@H]2C)cs1. The zero-order chi connectivity index (χ0) is 28.4. The summed E-state index contributed by atoms with van der Waals surface area (Å²) in [6.07, 6.45) is 0. The Balaban J connectivity index is 1.45. The number of phenols is 1. The van der Waals surface area contributed by atoms with Crippen molar-refractivity contribution in [1.82, 2.24) is 14.8 Å². The Labute approximate surface area is 239 Å². The van der Waals surface area contributed by atoms with Crippen molar-refractivity contribution in [2.75, 3.05) is 25.0 Å². The van der Waals surface area contributed by atoms with E-state index in [9.17, 15) is 14.3 Å². The fourth-order valence-electron chi connectivity index (χ4n) is 5.60. The minimum Gasteiger partial charge on any atom is -0.508 e. The van der Waals surface area contributed by atoms with Crippen LogP contribution in [0.1, 0.15) is 52.1 Å². The van der Waals surface area contributed by atoms with E-state index in [0.29, 0.717) is 11.3 Å². The first kappa shape index (κ1) is 28.0. The lowest BCUT2D eigenvalue weighted by molar-refractivity contribution is 0.0189. The van der Waals surface area contributed by atoms with Crippen LogP contribution < -0.4 is 4.90 Å². The van der Waals surface area contributed by atoms with E-state index in [-0.39, 0.29) is 35.6 Å². The summed E-state index contributed by atoms with van der Waals surface area (Å²) >= 11 is 1.68. The molecule has 3 aromatic carbocycles. The number of amides is 1. The van der Waals surface area contributed by atoms with Crippen molar-refractivity contribution in [3.63, 3.8) is 0 Å². The molecule has 6 nitrogen and oxygen atoms in total. The standard InChI is InChI=1S/C32H35FN4O2S/c1-21-18-37(22(2)17-36(21)19-28-20-40-23(3)34-28)31(25-9-6-13-30(38)15-25)24-8-5-10-26(14-24)32(39)35(4)29-12-7-11-27(33)16-29/h5-16,20-22,31,38H,17-19H2,1-4H3/t21-,22+,31-/m1/s1. The second-order valence-corrected chi connectivity index (χ2v) is 11.7. The molecular weight excluding hydrogens is 523 g/mol. The van der Waals surface area contributed by atoms with Crippen LogP contribution in [0.5, 0.6) is 5.75 Å². The summed E-state index contributed by atoms with van der Waals surface area (Å²) in [6.45, 7) is 9.00. The van der Waals surface area contributed by atoms with Crippen LogP contribution in [-0.4, -0.2) is 58.0 Å². The summed E-state index contributed by atoms with van der Waals surface area (Å²) in [5.41, 5.74) is 4.05. The molecule has 5 rings (SSSR count). The number of benzene rings is 3. The third-order valence-corrected chi connectivity index (χ3v) is 8.48. The molecule has 1 aliphatic rings. The number of hydrogen-bond acceptors (Lipinski definition) is 6. The van der Waals surface area contributed by atoms with Crippen molar-refractivity contribution in [2.45, 2.75) is 45.4 Å². The maximum atomic E-state index is 13.8. The predicted octanol–water partition coefficient (Wildman–Crippen LogP) is 6.26. The van der Waals surface area contributed by atoms with E-state index in [0.717, 1.165) is 41.5 Å². The van der Waals surface area contributed by atoms with E-state index in [1.165, 1.54) is 17.0 Å². The van der Waals surface area contributed by atoms with Crippen LogP contribution in [0, 0.1) is 12.7 Å². The maximum absolute atomic E-state index is 13.8. The van der Waals surface area contributed by atoms with Gasteiger partial charge in [-0.25, -0.2) is 9.37 Å². The molecule has 0 saturated carbocycles. The number of phenolic OH excluding ortho intramolecular Hbond substituents is 1. The number of rotatable bonds is 7. The molecule has 1 N–H and O–H groups in total. The molecular formula is C32H35FN4O2S. The predicted molar refractivity (Wildman–Crippen MR) is 158 cm³/mol. The summed E-state index contributed by atoms with van der Waals surface area (Å²) in [5, 5.41) is 13.6. The average molecular weight is 559 g/mol. The Kier molecular flexibility index (Phi) is 8.30. The van der Waals surface area contributed by atoms with Gasteiger partial charge in [-0.05, 0) is 74.4 Å². The number of thiazole rings is 1. The van der Waals surface area contributed by atoms with Crippen LogP contribution in [0.15, 0.2) is 78.2 Å². The molecule has 0 spiro atoms. The monoisotopic (exact) mass is 558 g/mol. The van der Waals surface area contributed by atoms with Gasteiger partial charge in [0.05, 0.1) is 16.7 Å². The molecule has 1 fully saturated rings. The average Bonchev–Trinajstić information content (AvgIpc) is 3.35. The summed E-state index contributed by atoms with van der Waals surface area (Å²) < 4.78 is 13.8. The van der Waals surface area contributed by atoms with Crippen LogP contribution in [0.3, 0.4) is 0 Å². The van der Waals surface area contributed by atoms with Crippen molar-refractivity contribution in [2.24, 2.45) is 0 Å². The van der Waals surface area contributed by atoms with E-state index in [4.69, 9.17) is 0 Å². The largest absolute Gasteiger partial charge is 0.508 e. The van der Waals surface area contributed by atoms with Crippen LogP contribution in [0.4, 0.5) is 10.1 Å². The highest BCUT2D eigenvalue weighted by atomic mass is 32.1. The van der Waals surface area contributed by atoms with Crippen LogP contribution in [0.25, 0.3) is 0 Å². The first-order valence-electron chi connectivity index (χ1n) is 13.5. The van der Waals surface area contributed by atoms with Crippen LogP contribution in [-0.2, 0) is 6.54 Å². The normalized spacial score (nSPS) is 18.9. The Hall–Kier alpha value is -3.59. The van der Waals surface area contributed by atoms with Gasteiger partial charge in [-0.3, -0.25) is 14.6 Å². The lowest BCUT2D eigenvalue weighted by Crippen LogP contribution is -2.56. The number of hydrogen-bond donors (Lipinski definition) is 1. The molecule has 40 heavy (non-hydrogen) atoms. The number of aryl methyl sites for hydroxylation is 1. The van der Waals surface area contributed by atoms with Gasteiger partial charge in [-0.1, -0.05) is 30.3 Å². The molecule has 208 valence electrons. The highest BCUT2D eigenvalue weighted by molar-refractivity contribution is 7.09. The minimum absolute atomic E-state index is 0.166. The molecule has 1 aliphatic heterocycles. The van der Waals surface area contributed by atoms with Gasteiger partial charge < -0.3 is 10.0 Å². The number of anilines is 1. The summed E-state index contributed by atoms with van der Waals surface area (Å²) in [6, 6.07) is 21.4. The third-order valence-electron chi connectivity index (χ3n) is 7.66. The van der Waals surface area contributed by atoms with Gasteiger partial charge in [0.15, 0.2) is 0 Å². The van der Waals surface area contributed by atoms with Crippen molar-refractivity contribution >= 4 is 22.9 Å². The molecule has 0 radical (unpaired) electrons. The number of halogens is 1. The maximum Gasteiger partial charge on any atom is 0.258 e. The molecule has 1 amide bonds. The number of aromatic nitrogens is 1. The highest BCUT2D eigenvalue weighted by Crippen LogP contribution is 2.35. The number of nitrogens with zero attached hydrogens (tertiary/aromatic N) is 4. The van der Waals surface area contributed by atoms with Gasteiger partial charge in [0.2, 0.25) is 0 Å². The zero-order valence-corrected chi connectivity index (χ0v) is 24.1. The van der Waals surface area contributed by atoms with Crippen LogP contribution in [0.2, 0.25) is 0 Å². The number of carbonyl (C=O) groups is 1. The lowest BCUT2D eigenvalue weighted by atomic mass is 9.92. The highest BCUT2D eigenvalue weighted by Gasteiger charge is 2.35. The van der Waals surface area contributed by atoms with Gasteiger partial charge in [0, 0.05) is 55.4 Å². The van der Waals surface area contributed by atoms with Gasteiger partial charge in [0.25, 0.3) is 5.91 Å². The smallest absolute Gasteiger partial charge is 0.258 e. The van der Waals surface area contributed by atoms with Gasteiger partial charge >= 0.3 is 0 Å². The van der Waals surface area contributed by atoms with Crippen molar-refractivity contribution in [3.05, 3.63) is 111 Å². The topological polar surface area (TPSA) is 59.9 Å². The van der Waals surface area contributed by atoms with Crippen molar-refractivity contribution < 1.29 is 14.3 Å². The van der Waals surface area contributed by atoms with E-state index in [1.807, 2.05) is 37.3 Å². The van der Waals surface area contributed by atoms with Crippen molar-refractivity contribution in [3.8, 4) is 5.75 Å². The molecule has 2 heterocycles. The molecule has 8 heteroatoms. The fraction of sp³-hybridized carbons (Fsp3) is 0.312. The number of carbonyl (C=O) groups excluding carboxylic acids is 1. The second kappa shape index (κ2) is 11.9. The fourth-order valence-corrected chi connectivity index (χ4v) is 6.21. The Morgan fingerprint density at radius 1 is 1.05 bits per heavy atom. The van der Waals surface area contributed by atoms with E-state index in [2.05, 4.69) is 34.0 Å². The Morgan fingerprint density at radius 2 is 1.77 bits per heavy atom. The third kappa shape index (κ3) is 6.09. The van der Waals surface area contributed by atoms with Crippen LogP contribution >= 0.6 is 11.3 Å². The lowest BCUT2D eigenvalue weighted by Gasteiger charge is -2.47. The molecule has 0 unspecified atom stereocenters. The zero-order valence-electron chi connectivity index (χ0n) is 23.3. The van der Waals surface area contributed by atoms with Gasteiger partial charge in [-0.2, -0.15) is 0 Å². The Morgan fingerprint density at radius 3 is 2.48 bits per heavy atom. The number of piperazine rings is 1. The molecule has 1 aromatic heterocycles. The quantitative estimate of drug-likeness (QED) is 0.290. The molecule has 4 aromatic rings. The summed E-state index contributed by atoms with van der Waals surface area (Å²) in [4.78, 5) is 24.5. The van der Waals surface area contributed by atoms with E-state index < -0.39 is 0 Å². The molecule has 3 atom stereocenters. The summed E-state index contributed by atoms with van der Waals surface area (Å²) in [5.74, 6) is -0.396. The summed E-state index contributed by atoms with van der Waals surface area (Å²) in [7, 11) is 1.66. The number of aromatic hydroxyl groups is 1. The minimum atomic E-state index is -0.387. The molecule has 0 aliphatic carbocycles.